The fourth-order valence-electron chi connectivity index (χ4n) is 1.83. The first-order valence-electron chi connectivity index (χ1n) is 6.62. The van der Waals surface area contributed by atoms with Gasteiger partial charge < -0.3 is 9.47 Å². The summed E-state index contributed by atoms with van der Waals surface area (Å²) in [6, 6.07) is 13.5. The molecule has 108 valence electrons. The molecule has 0 N–H and O–H groups in total. The maximum atomic E-state index is 9.05. The van der Waals surface area contributed by atoms with Crippen molar-refractivity contribution in [1.82, 2.24) is 0 Å². The van der Waals surface area contributed by atoms with E-state index in [2.05, 4.69) is 35.8 Å². The minimum atomic E-state index is 0.392. The molecule has 3 nitrogen and oxygen atoms in total. The lowest BCUT2D eigenvalue weighted by Gasteiger charge is -2.10. The number of nitrogens with zero attached hydrogens (tertiary/aromatic N) is 1. The first kappa shape index (κ1) is 15.4. The summed E-state index contributed by atoms with van der Waals surface area (Å²) in [6.07, 6.45) is 0. The normalized spacial score (nSPS) is 10.0. The predicted octanol–water partition coefficient (Wildman–Crippen LogP) is 4.40. The summed E-state index contributed by atoms with van der Waals surface area (Å²) in [5.41, 5.74) is 2.95. The maximum absolute atomic E-state index is 9.05. The predicted molar refractivity (Wildman–Crippen MR) is 85.8 cm³/mol. The van der Waals surface area contributed by atoms with Gasteiger partial charge in [0, 0.05) is 4.47 Å². The van der Waals surface area contributed by atoms with Crippen molar-refractivity contribution in [3.8, 4) is 17.6 Å². The number of aryl methyl sites for hydroxylation is 2. The molecular weight excluding hydrogens is 330 g/mol. The first-order valence-corrected chi connectivity index (χ1v) is 7.42. The van der Waals surface area contributed by atoms with Gasteiger partial charge in [0.1, 0.15) is 30.8 Å². The van der Waals surface area contributed by atoms with Gasteiger partial charge in [-0.15, -0.1) is 0 Å². The Kier molecular flexibility index (Phi) is 5.24. The highest BCUT2D eigenvalue weighted by molar-refractivity contribution is 9.10. The molecule has 0 amide bonds. The van der Waals surface area contributed by atoms with Crippen molar-refractivity contribution in [1.29, 1.82) is 5.26 Å². The van der Waals surface area contributed by atoms with Crippen LogP contribution in [-0.2, 0) is 0 Å². The molecule has 4 heteroatoms. The van der Waals surface area contributed by atoms with E-state index in [-0.39, 0.29) is 0 Å². The van der Waals surface area contributed by atoms with E-state index in [0.29, 0.717) is 24.5 Å². The Balaban J connectivity index is 1.87. The molecule has 0 unspecified atom stereocenters. The van der Waals surface area contributed by atoms with Crippen LogP contribution in [0.3, 0.4) is 0 Å². The van der Waals surface area contributed by atoms with Gasteiger partial charge in [-0.1, -0.05) is 22.0 Å². The number of ether oxygens (including phenoxy) is 2. The van der Waals surface area contributed by atoms with Crippen LogP contribution in [0.5, 0.6) is 11.5 Å². The summed E-state index contributed by atoms with van der Waals surface area (Å²) < 4.78 is 12.1. The fourth-order valence-corrected chi connectivity index (χ4v) is 2.19. The van der Waals surface area contributed by atoms with Crippen LogP contribution in [0.4, 0.5) is 0 Å². The highest BCUT2D eigenvalue weighted by Crippen LogP contribution is 2.22. The van der Waals surface area contributed by atoms with Gasteiger partial charge in [-0.2, -0.15) is 5.26 Å². The van der Waals surface area contributed by atoms with Crippen LogP contribution in [0, 0.1) is 25.2 Å². The fraction of sp³-hybridized carbons (Fsp3) is 0.235. The monoisotopic (exact) mass is 345 g/mol. The summed E-state index contributed by atoms with van der Waals surface area (Å²) >= 11 is 3.33. The van der Waals surface area contributed by atoms with Gasteiger partial charge in [0.2, 0.25) is 0 Å². The van der Waals surface area contributed by atoms with Crippen LogP contribution in [0.15, 0.2) is 40.9 Å². The second kappa shape index (κ2) is 7.14. The minimum Gasteiger partial charge on any atom is -0.490 e. The Morgan fingerprint density at radius 1 is 1.00 bits per heavy atom. The zero-order valence-electron chi connectivity index (χ0n) is 12.0. The molecule has 2 aromatic rings. The number of nitriles is 1. The molecule has 0 saturated heterocycles. The average Bonchev–Trinajstić information content (AvgIpc) is 2.48. The lowest BCUT2D eigenvalue weighted by atomic mass is 10.1. The van der Waals surface area contributed by atoms with Gasteiger partial charge in [0.25, 0.3) is 0 Å². The summed E-state index contributed by atoms with van der Waals surface area (Å²) in [6.45, 7) is 4.95. The summed E-state index contributed by atoms with van der Waals surface area (Å²) in [5.74, 6) is 1.40. The lowest BCUT2D eigenvalue weighted by molar-refractivity contribution is 0.216. The van der Waals surface area contributed by atoms with E-state index in [1.54, 1.807) is 12.1 Å². The van der Waals surface area contributed by atoms with E-state index in [9.17, 15) is 0 Å². The Hall–Kier alpha value is -1.99. The van der Waals surface area contributed by atoms with Crippen LogP contribution in [0.1, 0.15) is 16.7 Å². The van der Waals surface area contributed by atoms with Gasteiger partial charge in [-0.25, -0.2) is 0 Å². The van der Waals surface area contributed by atoms with Crippen molar-refractivity contribution < 1.29 is 9.47 Å². The Morgan fingerprint density at radius 3 is 2.48 bits per heavy atom. The Bertz CT molecular complexity index is 677. The average molecular weight is 346 g/mol. The Morgan fingerprint density at radius 2 is 1.76 bits per heavy atom. The highest BCUT2D eigenvalue weighted by atomic mass is 79.9. The van der Waals surface area contributed by atoms with Gasteiger partial charge in [0.15, 0.2) is 0 Å². The molecule has 0 aliphatic carbocycles. The van der Waals surface area contributed by atoms with Crippen LogP contribution < -0.4 is 9.47 Å². The standard InChI is InChI=1S/C17H16BrNO2/c1-12-3-5-16(9-13(12)2)20-7-8-21-17-6-4-15(18)10-14(17)11-19/h3-6,9-10H,7-8H2,1-2H3. The van der Waals surface area contributed by atoms with E-state index in [4.69, 9.17) is 14.7 Å². The van der Waals surface area contributed by atoms with Crippen LogP contribution in [0.2, 0.25) is 0 Å². The van der Waals surface area contributed by atoms with Gasteiger partial charge in [-0.3, -0.25) is 0 Å². The van der Waals surface area contributed by atoms with E-state index in [1.165, 1.54) is 11.1 Å². The first-order chi connectivity index (χ1) is 10.1. The Labute approximate surface area is 133 Å². The topological polar surface area (TPSA) is 42.2 Å². The third-order valence-corrected chi connectivity index (χ3v) is 3.64. The van der Waals surface area contributed by atoms with Crippen molar-refractivity contribution in [3.63, 3.8) is 0 Å². The summed E-state index contributed by atoms with van der Waals surface area (Å²) in [5, 5.41) is 9.05. The molecule has 0 aliphatic rings. The number of benzene rings is 2. The molecule has 0 spiro atoms. The molecule has 2 rings (SSSR count). The number of rotatable bonds is 5. The SMILES string of the molecule is Cc1ccc(OCCOc2ccc(Br)cc2C#N)cc1C. The molecule has 0 aromatic heterocycles. The van der Waals surface area contributed by atoms with E-state index in [0.717, 1.165) is 10.2 Å². The van der Waals surface area contributed by atoms with Crippen LogP contribution in [-0.4, -0.2) is 13.2 Å². The molecule has 0 bridgehead atoms. The van der Waals surface area contributed by atoms with Crippen molar-refractivity contribution >= 4 is 15.9 Å². The van der Waals surface area contributed by atoms with Crippen LogP contribution in [0.25, 0.3) is 0 Å². The number of hydrogen-bond acceptors (Lipinski definition) is 3. The lowest BCUT2D eigenvalue weighted by Crippen LogP contribution is -2.09. The van der Waals surface area contributed by atoms with Gasteiger partial charge in [0.05, 0.1) is 5.56 Å². The molecule has 21 heavy (non-hydrogen) atoms. The van der Waals surface area contributed by atoms with Crippen molar-refractivity contribution in [2.45, 2.75) is 13.8 Å². The molecule has 0 heterocycles. The quantitative estimate of drug-likeness (QED) is 0.754. The zero-order chi connectivity index (χ0) is 15.2. The molecule has 0 radical (unpaired) electrons. The highest BCUT2D eigenvalue weighted by Gasteiger charge is 2.04. The number of halogens is 1. The number of hydrogen-bond donors (Lipinski definition) is 0. The second-order valence-corrected chi connectivity index (χ2v) is 5.61. The molecule has 0 aliphatic heterocycles. The molecule has 0 atom stereocenters. The molecule has 0 fully saturated rings. The molecule has 0 saturated carbocycles. The maximum Gasteiger partial charge on any atom is 0.137 e. The van der Waals surface area contributed by atoms with Crippen molar-refractivity contribution in [3.05, 3.63) is 57.6 Å². The molecule has 2 aromatic carbocycles. The summed E-state index contributed by atoms with van der Waals surface area (Å²) in [4.78, 5) is 0. The third-order valence-electron chi connectivity index (χ3n) is 3.15. The largest absolute Gasteiger partial charge is 0.490 e. The molecular formula is C17H16BrNO2. The zero-order valence-corrected chi connectivity index (χ0v) is 13.6. The third kappa shape index (κ3) is 4.24. The second-order valence-electron chi connectivity index (χ2n) is 4.70. The van der Waals surface area contributed by atoms with Crippen molar-refractivity contribution in [2.75, 3.05) is 13.2 Å². The smallest absolute Gasteiger partial charge is 0.137 e. The van der Waals surface area contributed by atoms with Gasteiger partial charge in [-0.05, 0) is 55.3 Å². The van der Waals surface area contributed by atoms with Gasteiger partial charge >= 0.3 is 0 Å². The summed E-state index contributed by atoms with van der Waals surface area (Å²) in [7, 11) is 0. The van der Waals surface area contributed by atoms with E-state index >= 15 is 0 Å². The van der Waals surface area contributed by atoms with Crippen LogP contribution >= 0.6 is 15.9 Å². The minimum absolute atomic E-state index is 0.392. The van der Waals surface area contributed by atoms with Crippen molar-refractivity contribution in [2.24, 2.45) is 0 Å². The van der Waals surface area contributed by atoms with E-state index < -0.39 is 0 Å². The van der Waals surface area contributed by atoms with E-state index in [1.807, 2.05) is 24.3 Å².